The van der Waals surface area contributed by atoms with Gasteiger partial charge in [-0.3, -0.25) is 14.9 Å². The highest BCUT2D eigenvalue weighted by Gasteiger charge is 2.24. The van der Waals surface area contributed by atoms with E-state index < -0.39 is 4.92 Å². The highest BCUT2D eigenvalue weighted by atomic mass is 16.6. The molecule has 2 aromatic carbocycles. The predicted octanol–water partition coefficient (Wildman–Crippen LogP) is 1.55. The van der Waals surface area contributed by atoms with Crippen molar-refractivity contribution < 1.29 is 14.6 Å². The predicted molar refractivity (Wildman–Crippen MR) is 96.4 cm³/mol. The van der Waals surface area contributed by atoms with Crippen LogP contribution in [0.15, 0.2) is 48.5 Å². The molecule has 0 bridgehead atoms. The van der Waals surface area contributed by atoms with E-state index in [2.05, 4.69) is 11.9 Å². The molecule has 0 radical (unpaired) electrons. The van der Waals surface area contributed by atoms with Crippen molar-refractivity contribution in [3.8, 4) is 0 Å². The van der Waals surface area contributed by atoms with Crippen LogP contribution in [0.4, 0.5) is 11.4 Å². The smallest absolute Gasteiger partial charge is 0.293 e. The number of carbonyl (C=O) groups excluding carboxylic acids is 1. The number of nitro benzene ring substituents is 1. The maximum Gasteiger partial charge on any atom is 0.293 e. The molecule has 1 aliphatic rings. The lowest BCUT2D eigenvalue weighted by Gasteiger charge is -2.21. The van der Waals surface area contributed by atoms with Crippen molar-refractivity contribution in [3.63, 3.8) is 0 Å². The van der Waals surface area contributed by atoms with E-state index in [0.717, 1.165) is 32.6 Å². The number of anilines is 1. The maximum atomic E-state index is 12.6. The second-order valence-corrected chi connectivity index (χ2v) is 6.45. The summed E-state index contributed by atoms with van der Waals surface area (Å²) in [5.41, 5.74) is 1.48. The second kappa shape index (κ2) is 7.44. The van der Waals surface area contributed by atoms with Crippen molar-refractivity contribution >= 4 is 17.2 Å². The molecule has 25 heavy (non-hydrogen) atoms. The van der Waals surface area contributed by atoms with Gasteiger partial charge in [0.1, 0.15) is 5.69 Å². The van der Waals surface area contributed by atoms with Crippen LogP contribution in [-0.4, -0.2) is 43.9 Å². The molecule has 1 fully saturated rings. The van der Waals surface area contributed by atoms with Crippen molar-refractivity contribution in [2.24, 2.45) is 0 Å². The number of quaternary nitrogens is 1. The van der Waals surface area contributed by atoms with Crippen LogP contribution >= 0.6 is 0 Å². The van der Waals surface area contributed by atoms with E-state index in [1.807, 2.05) is 6.07 Å². The fourth-order valence-corrected chi connectivity index (χ4v) is 3.21. The number of rotatable bonds is 4. The first-order chi connectivity index (χ1) is 12.1. The molecule has 0 spiro atoms. The Bertz CT molecular complexity index is 777. The van der Waals surface area contributed by atoms with Crippen LogP contribution in [0.5, 0.6) is 0 Å². The minimum absolute atomic E-state index is 0.00124. The quantitative estimate of drug-likeness (QED) is 0.521. The molecule has 0 aromatic heterocycles. The molecule has 1 aliphatic heterocycles. The van der Waals surface area contributed by atoms with Gasteiger partial charge >= 0.3 is 0 Å². The summed E-state index contributed by atoms with van der Waals surface area (Å²) in [6.07, 6.45) is 0.994. The van der Waals surface area contributed by atoms with Crippen molar-refractivity contribution in [3.05, 3.63) is 69.8 Å². The third-order valence-electron chi connectivity index (χ3n) is 4.65. The van der Waals surface area contributed by atoms with E-state index in [1.165, 1.54) is 11.0 Å². The number of benzene rings is 2. The summed E-state index contributed by atoms with van der Waals surface area (Å²) in [5.74, 6) is -0.199. The largest absolute Gasteiger partial charge is 0.360 e. The van der Waals surface area contributed by atoms with Gasteiger partial charge < -0.3 is 9.80 Å². The standard InChI is InChI=1S/C19H21N3O3/c1-20-10-5-11-21(13-12-20)17-9-8-16(14-18(17)22(24)25)19(23)15-6-3-2-4-7-15/h2-4,6-9,14H,5,10-13H2,1H3/p+1. The Labute approximate surface area is 146 Å². The third kappa shape index (κ3) is 3.85. The van der Waals surface area contributed by atoms with Gasteiger partial charge in [-0.25, -0.2) is 0 Å². The Morgan fingerprint density at radius 2 is 1.84 bits per heavy atom. The molecule has 130 valence electrons. The van der Waals surface area contributed by atoms with Gasteiger partial charge in [-0.15, -0.1) is 0 Å². The highest BCUT2D eigenvalue weighted by molar-refractivity contribution is 6.09. The normalized spacial score (nSPS) is 17.8. The zero-order valence-corrected chi connectivity index (χ0v) is 14.3. The van der Waals surface area contributed by atoms with Gasteiger partial charge in [0.2, 0.25) is 0 Å². The molecule has 6 heteroatoms. The number of carbonyl (C=O) groups is 1. The average molecular weight is 340 g/mol. The van der Waals surface area contributed by atoms with Gasteiger partial charge in [0, 0.05) is 30.2 Å². The zero-order chi connectivity index (χ0) is 17.8. The number of likely N-dealkylation sites (N-methyl/N-ethyl adjacent to an activating group) is 1. The van der Waals surface area contributed by atoms with E-state index in [0.29, 0.717) is 16.8 Å². The molecule has 2 aromatic rings. The molecule has 3 rings (SSSR count). The van der Waals surface area contributed by atoms with Gasteiger partial charge in [0.25, 0.3) is 5.69 Å². The van der Waals surface area contributed by atoms with Crippen LogP contribution in [0.3, 0.4) is 0 Å². The number of ketones is 1. The Balaban J connectivity index is 1.93. The number of nitro groups is 1. The number of hydrogen-bond acceptors (Lipinski definition) is 4. The molecule has 1 N–H and O–H groups in total. The van der Waals surface area contributed by atoms with Crippen molar-refractivity contribution in [2.45, 2.75) is 6.42 Å². The fraction of sp³-hybridized carbons (Fsp3) is 0.316. The summed E-state index contributed by atoms with van der Waals surface area (Å²) in [6.45, 7) is 3.58. The van der Waals surface area contributed by atoms with E-state index in [4.69, 9.17) is 0 Å². The van der Waals surface area contributed by atoms with E-state index in [1.54, 1.807) is 36.4 Å². The van der Waals surface area contributed by atoms with Crippen LogP contribution < -0.4 is 9.80 Å². The van der Waals surface area contributed by atoms with Crippen molar-refractivity contribution in [1.82, 2.24) is 0 Å². The fourth-order valence-electron chi connectivity index (χ4n) is 3.21. The van der Waals surface area contributed by atoms with Gasteiger partial charge in [0.05, 0.1) is 31.6 Å². The van der Waals surface area contributed by atoms with Crippen molar-refractivity contribution in [1.29, 1.82) is 0 Å². The summed E-state index contributed by atoms with van der Waals surface area (Å²) in [4.78, 5) is 27.3. The summed E-state index contributed by atoms with van der Waals surface area (Å²) >= 11 is 0. The minimum Gasteiger partial charge on any atom is -0.360 e. The lowest BCUT2D eigenvalue weighted by atomic mass is 10.0. The van der Waals surface area contributed by atoms with E-state index >= 15 is 0 Å². The zero-order valence-electron chi connectivity index (χ0n) is 14.3. The summed E-state index contributed by atoms with van der Waals surface area (Å²) in [5, 5.41) is 11.6. The molecule has 1 atom stereocenters. The topological polar surface area (TPSA) is 67.9 Å². The Kier molecular flexibility index (Phi) is 5.09. The number of nitrogens with zero attached hydrogens (tertiary/aromatic N) is 2. The first kappa shape index (κ1) is 17.1. The van der Waals surface area contributed by atoms with Crippen LogP contribution in [0.25, 0.3) is 0 Å². The Hall–Kier alpha value is -2.73. The Morgan fingerprint density at radius 3 is 2.56 bits per heavy atom. The summed E-state index contributed by atoms with van der Waals surface area (Å²) in [7, 11) is 2.14. The molecular formula is C19H22N3O3+. The van der Waals surface area contributed by atoms with E-state index in [9.17, 15) is 14.9 Å². The molecule has 0 amide bonds. The second-order valence-electron chi connectivity index (χ2n) is 6.45. The lowest BCUT2D eigenvalue weighted by molar-refractivity contribution is -0.876. The first-order valence-electron chi connectivity index (χ1n) is 8.50. The summed E-state index contributed by atoms with van der Waals surface area (Å²) < 4.78 is 0. The SMILES string of the molecule is C[NH+]1CCCN(c2ccc(C(=O)c3ccccc3)cc2[N+](=O)[O-])CC1. The van der Waals surface area contributed by atoms with E-state index in [-0.39, 0.29) is 11.5 Å². The van der Waals surface area contributed by atoms with Crippen LogP contribution in [-0.2, 0) is 0 Å². The third-order valence-corrected chi connectivity index (χ3v) is 4.65. The van der Waals surface area contributed by atoms with Crippen LogP contribution in [0, 0.1) is 10.1 Å². The molecule has 0 saturated carbocycles. The first-order valence-corrected chi connectivity index (χ1v) is 8.50. The monoisotopic (exact) mass is 340 g/mol. The summed E-state index contributed by atoms with van der Waals surface area (Å²) in [6, 6.07) is 13.7. The van der Waals surface area contributed by atoms with Gasteiger partial charge in [-0.1, -0.05) is 30.3 Å². The minimum atomic E-state index is -0.390. The maximum absolute atomic E-state index is 12.6. The molecular weight excluding hydrogens is 318 g/mol. The van der Waals surface area contributed by atoms with Crippen molar-refractivity contribution in [2.75, 3.05) is 38.1 Å². The lowest BCUT2D eigenvalue weighted by Crippen LogP contribution is -3.09. The molecule has 6 nitrogen and oxygen atoms in total. The Morgan fingerprint density at radius 1 is 1.08 bits per heavy atom. The van der Waals surface area contributed by atoms with Crippen LogP contribution in [0.2, 0.25) is 0 Å². The molecule has 1 heterocycles. The van der Waals surface area contributed by atoms with Gasteiger partial charge in [-0.05, 0) is 12.1 Å². The molecule has 0 aliphatic carbocycles. The highest BCUT2D eigenvalue weighted by Crippen LogP contribution is 2.30. The van der Waals surface area contributed by atoms with Gasteiger partial charge in [-0.2, -0.15) is 0 Å². The number of hydrogen-bond donors (Lipinski definition) is 1. The molecule has 1 saturated heterocycles. The van der Waals surface area contributed by atoms with Gasteiger partial charge in [0.15, 0.2) is 5.78 Å². The van der Waals surface area contributed by atoms with Crippen LogP contribution in [0.1, 0.15) is 22.3 Å². The molecule has 1 unspecified atom stereocenters. The average Bonchev–Trinajstić information content (AvgIpc) is 2.86. The number of nitrogens with one attached hydrogen (secondary N) is 1.